The molecule has 1 saturated carbocycles. The minimum absolute atomic E-state index is 0.449. The normalized spacial score (nSPS) is 35.0. The van der Waals surface area contributed by atoms with Gasteiger partial charge in [-0.05, 0) is 69.6 Å². The summed E-state index contributed by atoms with van der Waals surface area (Å²) < 4.78 is 0. The maximum absolute atomic E-state index is 10.6. The molecule has 0 aromatic carbocycles. The Morgan fingerprint density at radius 2 is 2.12 bits per heavy atom. The molecular formula is C16H28O. The van der Waals surface area contributed by atoms with Crippen LogP contribution < -0.4 is 0 Å². The summed E-state index contributed by atoms with van der Waals surface area (Å²) in [5.41, 5.74) is 1.61. The summed E-state index contributed by atoms with van der Waals surface area (Å²) in [5, 5.41) is 10.6. The van der Waals surface area contributed by atoms with E-state index in [0.29, 0.717) is 11.3 Å². The molecule has 1 nitrogen and oxygen atoms in total. The second-order valence-electron chi connectivity index (χ2n) is 7.31. The second-order valence-corrected chi connectivity index (χ2v) is 7.31. The minimum Gasteiger partial charge on any atom is -0.390 e. The van der Waals surface area contributed by atoms with Gasteiger partial charge in [-0.3, -0.25) is 0 Å². The van der Waals surface area contributed by atoms with Crippen LogP contribution in [0.1, 0.15) is 66.2 Å². The van der Waals surface area contributed by atoms with Crippen LogP contribution in [0, 0.1) is 17.3 Å². The highest BCUT2D eigenvalue weighted by Crippen LogP contribution is 2.55. The van der Waals surface area contributed by atoms with E-state index in [1.54, 1.807) is 0 Å². The zero-order chi connectivity index (χ0) is 12.7. The number of hydrogen-bond acceptors (Lipinski definition) is 1. The molecule has 0 aromatic rings. The molecule has 2 aliphatic carbocycles. The van der Waals surface area contributed by atoms with Crippen LogP contribution in [0.2, 0.25) is 0 Å². The van der Waals surface area contributed by atoms with Crippen molar-refractivity contribution in [2.24, 2.45) is 17.3 Å². The van der Waals surface area contributed by atoms with Crippen LogP contribution in [0.25, 0.3) is 0 Å². The van der Waals surface area contributed by atoms with Crippen LogP contribution in [0.5, 0.6) is 0 Å². The maximum atomic E-state index is 10.6. The molecule has 0 amide bonds. The van der Waals surface area contributed by atoms with Gasteiger partial charge in [0.25, 0.3) is 0 Å². The molecule has 1 unspecified atom stereocenters. The Morgan fingerprint density at radius 1 is 1.47 bits per heavy atom. The lowest BCUT2D eigenvalue weighted by molar-refractivity contribution is -0.0163. The number of rotatable bonds is 4. The fourth-order valence-corrected chi connectivity index (χ4v) is 3.27. The molecule has 98 valence electrons. The quantitative estimate of drug-likeness (QED) is 0.721. The van der Waals surface area contributed by atoms with Gasteiger partial charge in [0.15, 0.2) is 0 Å². The zero-order valence-electron chi connectivity index (χ0n) is 11.9. The van der Waals surface area contributed by atoms with Gasteiger partial charge in [-0.25, -0.2) is 0 Å². The molecule has 1 heteroatoms. The van der Waals surface area contributed by atoms with Crippen molar-refractivity contribution in [3.63, 3.8) is 0 Å². The minimum atomic E-state index is -0.449. The topological polar surface area (TPSA) is 20.2 Å². The average molecular weight is 236 g/mol. The van der Waals surface area contributed by atoms with E-state index < -0.39 is 5.60 Å². The van der Waals surface area contributed by atoms with Crippen LogP contribution >= 0.6 is 0 Å². The Hall–Kier alpha value is -0.300. The standard InChI is InChI=1S/C16H28O/c1-12-5-7-13(8-6-12)16(4,17)10-9-14-11-15(14,2)3/h5,13-14,17H,6-11H2,1-4H3/t13-,14?,16+/m1/s1. The fourth-order valence-electron chi connectivity index (χ4n) is 3.27. The highest BCUT2D eigenvalue weighted by Gasteiger charge is 2.46. The van der Waals surface area contributed by atoms with Gasteiger partial charge in [0.2, 0.25) is 0 Å². The number of hydrogen-bond donors (Lipinski definition) is 1. The van der Waals surface area contributed by atoms with Crippen molar-refractivity contribution < 1.29 is 5.11 Å². The van der Waals surface area contributed by atoms with Crippen molar-refractivity contribution in [1.29, 1.82) is 0 Å². The van der Waals surface area contributed by atoms with Crippen LogP contribution in [-0.2, 0) is 0 Å². The molecule has 17 heavy (non-hydrogen) atoms. The summed E-state index contributed by atoms with van der Waals surface area (Å²) in [7, 11) is 0. The first-order valence-electron chi connectivity index (χ1n) is 7.19. The molecule has 2 aliphatic rings. The molecule has 1 N–H and O–H groups in total. The molecular weight excluding hydrogens is 208 g/mol. The van der Waals surface area contributed by atoms with Gasteiger partial charge in [0.1, 0.15) is 0 Å². The highest BCUT2D eigenvalue weighted by molar-refractivity contribution is 5.06. The zero-order valence-corrected chi connectivity index (χ0v) is 11.9. The summed E-state index contributed by atoms with van der Waals surface area (Å²) in [6.45, 7) is 8.96. The van der Waals surface area contributed by atoms with Crippen molar-refractivity contribution in [3.05, 3.63) is 11.6 Å². The van der Waals surface area contributed by atoms with E-state index in [4.69, 9.17) is 0 Å². The van der Waals surface area contributed by atoms with Crippen molar-refractivity contribution in [1.82, 2.24) is 0 Å². The monoisotopic (exact) mass is 236 g/mol. The molecule has 3 atom stereocenters. The third kappa shape index (κ3) is 3.13. The van der Waals surface area contributed by atoms with Gasteiger partial charge >= 0.3 is 0 Å². The third-order valence-corrected chi connectivity index (χ3v) is 5.23. The van der Waals surface area contributed by atoms with Crippen LogP contribution in [-0.4, -0.2) is 10.7 Å². The Labute approximate surface area is 106 Å². The molecule has 2 rings (SSSR count). The van der Waals surface area contributed by atoms with E-state index in [1.165, 1.54) is 31.3 Å². The van der Waals surface area contributed by atoms with Crippen molar-refractivity contribution in [3.8, 4) is 0 Å². The van der Waals surface area contributed by atoms with E-state index >= 15 is 0 Å². The Bertz CT molecular complexity index is 311. The smallest absolute Gasteiger partial charge is 0.0651 e. The van der Waals surface area contributed by atoms with E-state index in [-0.39, 0.29) is 0 Å². The summed E-state index contributed by atoms with van der Waals surface area (Å²) in [6.07, 6.45) is 9.29. The first kappa shape index (κ1) is 13.1. The van der Waals surface area contributed by atoms with Crippen LogP contribution in [0.3, 0.4) is 0 Å². The average Bonchev–Trinajstić information content (AvgIpc) is 2.85. The SMILES string of the molecule is CC1=CC[C@@H]([C@@](C)(O)CCC2CC2(C)C)CC1. The molecule has 0 aliphatic heterocycles. The summed E-state index contributed by atoms with van der Waals surface area (Å²) in [5.74, 6) is 1.34. The summed E-state index contributed by atoms with van der Waals surface area (Å²) in [6, 6.07) is 0. The molecule has 0 saturated heterocycles. The number of aliphatic hydroxyl groups is 1. The van der Waals surface area contributed by atoms with E-state index in [1.807, 2.05) is 0 Å². The fraction of sp³-hybridized carbons (Fsp3) is 0.875. The molecule has 0 spiro atoms. The molecule has 0 aromatic heterocycles. The van der Waals surface area contributed by atoms with E-state index in [9.17, 15) is 5.11 Å². The van der Waals surface area contributed by atoms with Gasteiger partial charge in [-0.1, -0.05) is 25.5 Å². The van der Waals surface area contributed by atoms with Crippen molar-refractivity contribution in [2.75, 3.05) is 0 Å². The molecule has 0 heterocycles. The van der Waals surface area contributed by atoms with Crippen LogP contribution in [0.15, 0.2) is 11.6 Å². The van der Waals surface area contributed by atoms with E-state index in [2.05, 4.69) is 33.8 Å². The Kier molecular flexibility index (Phi) is 3.42. The molecule has 0 bridgehead atoms. The van der Waals surface area contributed by atoms with Crippen molar-refractivity contribution in [2.45, 2.75) is 71.8 Å². The Balaban J connectivity index is 1.82. The number of allylic oxidation sites excluding steroid dienone is 2. The summed E-state index contributed by atoms with van der Waals surface area (Å²) >= 11 is 0. The predicted octanol–water partition coefficient (Wildman–Crippen LogP) is 4.31. The predicted molar refractivity (Wildman–Crippen MR) is 72.8 cm³/mol. The summed E-state index contributed by atoms with van der Waals surface area (Å²) in [4.78, 5) is 0. The van der Waals surface area contributed by atoms with E-state index in [0.717, 1.165) is 18.8 Å². The maximum Gasteiger partial charge on any atom is 0.0651 e. The second kappa shape index (κ2) is 4.42. The van der Waals surface area contributed by atoms with Gasteiger partial charge in [0.05, 0.1) is 5.60 Å². The molecule has 1 fully saturated rings. The third-order valence-electron chi connectivity index (χ3n) is 5.23. The first-order chi connectivity index (χ1) is 7.81. The van der Waals surface area contributed by atoms with Crippen LogP contribution in [0.4, 0.5) is 0 Å². The first-order valence-corrected chi connectivity index (χ1v) is 7.19. The largest absolute Gasteiger partial charge is 0.390 e. The molecule has 0 radical (unpaired) electrons. The highest BCUT2D eigenvalue weighted by atomic mass is 16.3. The van der Waals surface area contributed by atoms with Gasteiger partial charge in [-0.2, -0.15) is 0 Å². The van der Waals surface area contributed by atoms with Crippen molar-refractivity contribution >= 4 is 0 Å². The Morgan fingerprint density at radius 3 is 2.59 bits per heavy atom. The van der Waals surface area contributed by atoms with Gasteiger partial charge < -0.3 is 5.11 Å². The van der Waals surface area contributed by atoms with Gasteiger partial charge in [-0.15, -0.1) is 0 Å². The lowest BCUT2D eigenvalue weighted by Crippen LogP contribution is -2.35. The lowest BCUT2D eigenvalue weighted by atomic mass is 9.76. The van der Waals surface area contributed by atoms with Gasteiger partial charge in [0, 0.05) is 0 Å². The lowest BCUT2D eigenvalue weighted by Gasteiger charge is -2.35.